The molecular formula is C11H8N6S. The lowest BCUT2D eigenvalue weighted by Crippen LogP contribution is -2.07. The largest absolute Gasteiger partial charge is 0.383 e. The molecule has 18 heavy (non-hydrogen) atoms. The number of imidazole rings is 1. The van der Waals surface area contributed by atoms with Crippen LogP contribution in [0.5, 0.6) is 0 Å². The fourth-order valence-electron chi connectivity index (χ4n) is 1.70. The first kappa shape index (κ1) is 10.7. The zero-order valence-electron chi connectivity index (χ0n) is 9.24. The molecular weight excluding hydrogens is 248 g/mol. The number of hydrogen-bond acceptors (Lipinski definition) is 6. The van der Waals surface area contributed by atoms with Crippen LogP contribution in [0.15, 0.2) is 23.8 Å². The molecule has 3 aromatic heterocycles. The number of hydrogen-bond donors (Lipinski definition) is 1. The van der Waals surface area contributed by atoms with Gasteiger partial charge in [-0.25, -0.2) is 15.0 Å². The van der Waals surface area contributed by atoms with Crippen molar-refractivity contribution in [3.8, 4) is 6.07 Å². The minimum absolute atomic E-state index is 0.337. The Labute approximate surface area is 106 Å². The number of nitrogen functional groups attached to an aromatic ring is 1. The van der Waals surface area contributed by atoms with Crippen molar-refractivity contribution in [3.05, 3.63) is 35.5 Å². The summed E-state index contributed by atoms with van der Waals surface area (Å²) in [5.74, 6) is 1.38. The standard InChI is InChI=1S/C11H8N6S/c12-5-9-14-2-3-17(9)6-8-15-10(13)7-1-4-18-11(7)16-8/h1-4H,6H2,(H2,13,15,16). The fourth-order valence-corrected chi connectivity index (χ4v) is 2.49. The summed E-state index contributed by atoms with van der Waals surface area (Å²) >= 11 is 1.52. The molecule has 0 aliphatic carbocycles. The highest BCUT2D eigenvalue weighted by Crippen LogP contribution is 2.23. The molecule has 3 aromatic rings. The van der Waals surface area contributed by atoms with E-state index in [1.54, 1.807) is 17.0 Å². The predicted molar refractivity (Wildman–Crippen MR) is 67.9 cm³/mol. The van der Waals surface area contributed by atoms with E-state index in [4.69, 9.17) is 11.0 Å². The molecule has 0 bridgehead atoms. The fraction of sp³-hybridized carbons (Fsp3) is 0.0909. The van der Waals surface area contributed by atoms with Crippen LogP contribution in [-0.2, 0) is 6.54 Å². The van der Waals surface area contributed by atoms with E-state index < -0.39 is 0 Å². The van der Waals surface area contributed by atoms with Gasteiger partial charge < -0.3 is 10.3 Å². The quantitative estimate of drug-likeness (QED) is 0.747. The number of rotatable bonds is 2. The van der Waals surface area contributed by atoms with Crippen molar-refractivity contribution in [2.24, 2.45) is 0 Å². The average Bonchev–Trinajstić information content (AvgIpc) is 2.97. The number of nitrogens with zero attached hydrogens (tertiary/aromatic N) is 5. The van der Waals surface area contributed by atoms with Gasteiger partial charge in [0.25, 0.3) is 0 Å². The number of fused-ring (bicyclic) bond motifs is 1. The van der Waals surface area contributed by atoms with Gasteiger partial charge in [0.15, 0.2) is 5.82 Å². The van der Waals surface area contributed by atoms with Crippen LogP contribution < -0.4 is 5.73 Å². The molecule has 3 rings (SSSR count). The maximum atomic E-state index is 8.88. The third-order valence-electron chi connectivity index (χ3n) is 2.53. The van der Waals surface area contributed by atoms with Crippen LogP contribution in [0.25, 0.3) is 10.2 Å². The summed E-state index contributed by atoms with van der Waals surface area (Å²) in [7, 11) is 0. The van der Waals surface area contributed by atoms with Crippen molar-refractivity contribution in [1.29, 1.82) is 5.26 Å². The molecule has 0 saturated heterocycles. The maximum absolute atomic E-state index is 8.88. The van der Waals surface area contributed by atoms with Crippen molar-refractivity contribution < 1.29 is 0 Å². The minimum atomic E-state index is 0.337. The lowest BCUT2D eigenvalue weighted by atomic mass is 10.4. The summed E-state index contributed by atoms with van der Waals surface area (Å²) in [6.45, 7) is 0.390. The van der Waals surface area contributed by atoms with Gasteiger partial charge in [-0.3, -0.25) is 0 Å². The number of anilines is 1. The van der Waals surface area contributed by atoms with Crippen molar-refractivity contribution in [3.63, 3.8) is 0 Å². The molecule has 0 unspecified atom stereocenters. The number of nitriles is 1. The molecule has 0 aromatic carbocycles. The third-order valence-corrected chi connectivity index (χ3v) is 3.33. The molecule has 0 aliphatic rings. The molecule has 6 nitrogen and oxygen atoms in total. The van der Waals surface area contributed by atoms with Crippen LogP contribution in [0.2, 0.25) is 0 Å². The van der Waals surface area contributed by atoms with Gasteiger partial charge in [0.1, 0.15) is 16.7 Å². The molecule has 0 saturated carbocycles. The van der Waals surface area contributed by atoms with Crippen LogP contribution in [0.1, 0.15) is 11.6 Å². The molecule has 88 valence electrons. The average molecular weight is 256 g/mol. The van der Waals surface area contributed by atoms with Crippen molar-refractivity contribution in [2.75, 3.05) is 5.73 Å². The van der Waals surface area contributed by atoms with Gasteiger partial charge >= 0.3 is 0 Å². The molecule has 0 fully saturated rings. The topological polar surface area (TPSA) is 93.4 Å². The predicted octanol–water partition coefficient (Wildman–Crippen LogP) is 1.39. The summed E-state index contributed by atoms with van der Waals surface area (Å²) in [5, 5.41) is 11.7. The second-order valence-electron chi connectivity index (χ2n) is 3.66. The first-order valence-electron chi connectivity index (χ1n) is 5.19. The summed E-state index contributed by atoms with van der Waals surface area (Å²) in [6, 6.07) is 3.91. The molecule has 2 N–H and O–H groups in total. The van der Waals surface area contributed by atoms with Crippen LogP contribution in [0, 0.1) is 11.3 Å². The molecule has 7 heteroatoms. The van der Waals surface area contributed by atoms with E-state index >= 15 is 0 Å². The van der Waals surface area contributed by atoms with Gasteiger partial charge in [-0.1, -0.05) is 0 Å². The van der Waals surface area contributed by atoms with E-state index in [0.717, 1.165) is 10.2 Å². The Morgan fingerprint density at radius 3 is 3.17 bits per heavy atom. The highest BCUT2D eigenvalue weighted by atomic mass is 32.1. The highest BCUT2D eigenvalue weighted by Gasteiger charge is 2.08. The Kier molecular flexibility index (Phi) is 2.42. The van der Waals surface area contributed by atoms with E-state index in [2.05, 4.69) is 15.0 Å². The number of nitrogens with two attached hydrogens (primary N) is 1. The monoisotopic (exact) mass is 256 g/mol. The van der Waals surface area contributed by atoms with Gasteiger partial charge in [0.05, 0.1) is 11.9 Å². The molecule has 0 amide bonds. The maximum Gasteiger partial charge on any atom is 0.213 e. The first-order valence-corrected chi connectivity index (χ1v) is 6.06. The van der Waals surface area contributed by atoms with E-state index in [0.29, 0.717) is 24.0 Å². The van der Waals surface area contributed by atoms with Gasteiger partial charge in [-0.2, -0.15) is 5.26 Å². The zero-order valence-corrected chi connectivity index (χ0v) is 10.1. The van der Waals surface area contributed by atoms with Crippen LogP contribution >= 0.6 is 11.3 Å². The van der Waals surface area contributed by atoms with Crippen LogP contribution in [-0.4, -0.2) is 19.5 Å². The molecule has 0 aliphatic heterocycles. The van der Waals surface area contributed by atoms with Crippen molar-refractivity contribution in [2.45, 2.75) is 6.54 Å². The molecule has 0 radical (unpaired) electrons. The van der Waals surface area contributed by atoms with E-state index in [-0.39, 0.29) is 0 Å². The summed E-state index contributed by atoms with van der Waals surface area (Å²) < 4.78 is 1.69. The summed E-state index contributed by atoms with van der Waals surface area (Å²) in [4.78, 5) is 13.4. The smallest absolute Gasteiger partial charge is 0.213 e. The van der Waals surface area contributed by atoms with Crippen LogP contribution in [0.4, 0.5) is 5.82 Å². The Hall–Kier alpha value is -2.46. The van der Waals surface area contributed by atoms with Gasteiger partial charge in [0.2, 0.25) is 5.82 Å². The van der Waals surface area contributed by atoms with E-state index in [1.165, 1.54) is 11.3 Å². The van der Waals surface area contributed by atoms with Gasteiger partial charge in [-0.05, 0) is 11.4 Å². The van der Waals surface area contributed by atoms with Crippen molar-refractivity contribution in [1.82, 2.24) is 19.5 Å². The van der Waals surface area contributed by atoms with Gasteiger partial charge in [0, 0.05) is 12.4 Å². The van der Waals surface area contributed by atoms with E-state index in [1.807, 2.05) is 17.5 Å². The zero-order chi connectivity index (χ0) is 12.5. The normalized spacial score (nSPS) is 10.6. The second-order valence-corrected chi connectivity index (χ2v) is 4.55. The summed E-state index contributed by atoms with van der Waals surface area (Å²) in [6.07, 6.45) is 3.29. The third kappa shape index (κ3) is 1.69. The second kappa shape index (κ2) is 4.09. The molecule has 0 spiro atoms. The van der Waals surface area contributed by atoms with Crippen molar-refractivity contribution >= 4 is 27.4 Å². The highest BCUT2D eigenvalue weighted by molar-refractivity contribution is 7.16. The number of thiophene rings is 1. The Balaban J connectivity index is 2.03. The molecule has 3 heterocycles. The lowest BCUT2D eigenvalue weighted by Gasteiger charge is -2.04. The molecule has 0 atom stereocenters. The van der Waals surface area contributed by atoms with Gasteiger partial charge in [-0.15, -0.1) is 11.3 Å². The Morgan fingerprint density at radius 1 is 1.44 bits per heavy atom. The summed E-state index contributed by atoms with van der Waals surface area (Å²) in [5.41, 5.74) is 5.87. The Morgan fingerprint density at radius 2 is 2.33 bits per heavy atom. The van der Waals surface area contributed by atoms with Crippen LogP contribution in [0.3, 0.4) is 0 Å². The lowest BCUT2D eigenvalue weighted by molar-refractivity contribution is 0.739. The van der Waals surface area contributed by atoms with E-state index in [9.17, 15) is 0 Å². The number of aromatic nitrogens is 4. The Bertz CT molecular complexity index is 750. The SMILES string of the molecule is N#Cc1nccn1Cc1nc(N)c2ccsc2n1. The first-order chi connectivity index (χ1) is 8.78. The minimum Gasteiger partial charge on any atom is -0.383 e.